The highest BCUT2D eigenvalue weighted by Crippen LogP contribution is 2.28. The molecule has 0 radical (unpaired) electrons. The van der Waals surface area contributed by atoms with Crippen molar-refractivity contribution in [3.8, 4) is 22.8 Å². The molecule has 94 valence electrons. The van der Waals surface area contributed by atoms with Gasteiger partial charge >= 0.3 is 0 Å². The molecule has 4 nitrogen and oxygen atoms in total. The first-order valence-corrected chi connectivity index (χ1v) is 5.69. The first kappa shape index (κ1) is 11.4. The maximum absolute atomic E-state index is 13.7. The van der Waals surface area contributed by atoms with Crippen molar-refractivity contribution in [2.45, 2.75) is 0 Å². The summed E-state index contributed by atoms with van der Waals surface area (Å²) in [6, 6.07) is 13.7. The molecule has 0 saturated carbocycles. The summed E-state index contributed by atoms with van der Waals surface area (Å²) in [7, 11) is 0. The van der Waals surface area contributed by atoms with E-state index in [-0.39, 0.29) is 17.1 Å². The van der Waals surface area contributed by atoms with Crippen LogP contribution in [0.4, 0.5) is 10.1 Å². The van der Waals surface area contributed by atoms with Crippen molar-refractivity contribution >= 4 is 5.69 Å². The van der Waals surface area contributed by atoms with Crippen molar-refractivity contribution in [1.29, 1.82) is 0 Å². The van der Waals surface area contributed by atoms with Crippen LogP contribution in [-0.2, 0) is 0 Å². The normalized spacial score (nSPS) is 10.6. The van der Waals surface area contributed by atoms with Gasteiger partial charge in [-0.25, -0.2) is 4.39 Å². The van der Waals surface area contributed by atoms with Gasteiger partial charge in [-0.3, -0.25) is 0 Å². The van der Waals surface area contributed by atoms with Gasteiger partial charge in [-0.15, -0.1) is 0 Å². The van der Waals surface area contributed by atoms with Crippen molar-refractivity contribution < 1.29 is 8.91 Å². The van der Waals surface area contributed by atoms with E-state index in [9.17, 15) is 4.39 Å². The maximum Gasteiger partial charge on any atom is 0.263 e. The number of benzene rings is 2. The van der Waals surface area contributed by atoms with Crippen LogP contribution < -0.4 is 5.73 Å². The van der Waals surface area contributed by atoms with Gasteiger partial charge in [0.15, 0.2) is 0 Å². The highest BCUT2D eigenvalue weighted by Gasteiger charge is 2.16. The second-order valence-electron chi connectivity index (χ2n) is 3.99. The van der Waals surface area contributed by atoms with Gasteiger partial charge in [-0.1, -0.05) is 41.6 Å². The topological polar surface area (TPSA) is 64.9 Å². The van der Waals surface area contributed by atoms with E-state index in [1.54, 1.807) is 6.07 Å². The van der Waals surface area contributed by atoms with E-state index >= 15 is 0 Å². The smallest absolute Gasteiger partial charge is 0.263 e. The zero-order chi connectivity index (χ0) is 13.2. The van der Waals surface area contributed by atoms with Gasteiger partial charge in [0.25, 0.3) is 5.89 Å². The van der Waals surface area contributed by atoms with E-state index in [1.165, 1.54) is 12.1 Å². The Balaban J connectivity index is 2.07. The Hall–Kier alpha value is -2.69. The number of nitrogens with zero attached hydrogens (tertiary/aromatic N) is 2. The molecule has 0 amide bonds. The van der Waals surface area contributed by atoms with Crippen molar-refractivity contribution in [3.63, 3.8) is 0 Å². The summed E-state index contributed by atoms with van der Waals surface area (Å²) in [5, 5.41) is 3.84. The van der Waals surface area contributed by atoms with Crippen LogP contribution in [-0.4, -0.2) is 10.1 Å². The number of nitrogens with two attached hydrogens (primary N) is 1. The molecule has 0 atom stereocenters. The van der Waals surface area contributed by atoms with Crippen LogP contribution in [0.15, 0.2) is 53.1 Å². The van der Waals surface area contributed by atoms with Crippen LogP contribution >= 0.6 is 0 Å². The predicted molar refractivity (Wildman–Crippen MR) is 69.5 cm³/mol. The molecular formula is C14H10FN3O. The van der Waals surface area contributed by atoms with Gasteiger partial charge in [0.2, 0.25) is 5.82 Å². The average molecular weight is 255 g/mol. The second-order valence-corrected chi connectivity index (χ2v) is 3.99. The maximum atomic E-state index is 13.7. The van der Waals surface area contributed by atoms with Gasteiger partial charge in [-0.2, -0.15) is 4.98 Å². The first-order chi connectivity index (χ1) is 9.25. The molecule has 0 saturated heterocycles. The zero-order valence-electron chi connectivity index (χ0n) is 9.88. The Bertz CT molecular complexity index is 689. The standard InChI is InChI=1S/C14H10FN3O/c15-10-7-4-8-11(16)12(10)14-17-13(18-19-14)9-5-2-1-3-6-9/h1-8H,16H2. The van der Waals surface area contributed by atoms with Gasteiger partial charge in [0, 0.05) is 11.3 Å². The summed E-state index contributed by atoms with van der Waals surface area (Å²) < 4.78 is 18.8. The fourth-order valence-electron chi connectivity index (χ4n) is 1.80. The number of aromatic nitrogens is 2. The Kier molecular flexibility index (Phi) is 2.72. The largest absolute Gasteiger partial charge is 0.398 e. The van der Waals surface area contributed by atoms with Gasteiger partial charge < -0.3 is 10.3 Å². The number of nitrogen functional groups attached to an aromatic ring is 1. The second kappa shape index (κ2) is 4.53. The summed E-state index contributed by atoms with van der Waals surface area (Å²) in [6.07, 6.45) is 0. The Morgan fingerprint density at radius 2 is 1.79 bits per heavy atom. The number of hydrogen-bond acceptors (Lipinski definition) is 4. The molecule has 1 heterocycles. The molecule has 1 aromatic heterocycles. The van der Waals surface area contributed by atoms with Crippen molar-refractivity contribution in [3.05, 3.63) is 54.3 Å². The first-order valence-electron chi connectivity index (χ1n) is 5.69. The fraction of sp³-hybridized carbons (Fsp3) is 0. The van der Waals surface area contributed by atoms with Crippen LogP contribution in [0.2, 0.25) is 0 Å². The van der Waals surface area contributed by atoms with Crippen molar-refractivity contribution in [2.24, 2.45) is 0 Å². The van der Waals surface area contributed by atoms with E-state index in [0.29, 0.717) is 5.82 Å². The zero-order valence-corrected chi connectivity index (χ0v) is 9.88. The van der Waals surface area contributed by atoms with Crippen LogP contribution in [0, 0.1) is 5.82 Å². The lowest BCUT2D eigenvalue weighted by Gasteiger charge is -2.00. The molecule has 0 spiro atoms. The van der Waals surface area contributed by atoms with Crippen LogP contribution in [0.5, 0.6) is 0 Å². The van der Waals surface area contributed by atoms with Crippen LogP contribution in [0.25, 0.3) is 22.8 Å². The quantitative estimate of drug-likeness (QED) is 0.714. The third-order valence-electron chi connectivity index (χ3n) is 2.72. The fourth-order valence-corrected chi connectivity index (χ4v) is 1.80. The van der Waals surface area contributed by atoms with Gasteiger partial charge in [-0.05, 0) is 12.1 Å². The summed E-state index contributed by atoms with van der Waals surface area (Å²) in [6.45, 7) is 0. The molecule has 0 unspecified atom stereocenters. The Morgan fingerprint density at radius 3 is 2.53 bits per heavy atom. The summed E-state index contributed by atoms with van der Waals surface area (Å²) in [4.78, 5) is 4.17. The monoisotopic (exact) mass is 255 g/mol. The summed E-state index contributed by atoms with van der Waals surface area (Å²) in [5.41, 5.74) is 6.94. The molecule has 19 heavy (non-hydrogen) atoms. The lowest BCUT2D eigenvalue weighted by atomic mass is 10.1. The van der Waals surface area contributed by atoms with E-state index < -0.39 is 5.82 Å². The highest BCUT2D eigenvalue weighted by atomic mass is 19.1. The molecule has 0 aliphatic carbocycles. The van der Waals surface area contributed by atoms with Crippen molar-refractivity contribution in [2.75, 3.05) is 5.73 Å². The number of hydrogen-bond donors (Lipinski definition) is 1. The number of halogens is 1. The summed E-state index contributed by atoms with van der Waals surface area (Å²) >= 11 is 0. The third-order valence-corrected chi connectivity index (χ3v) is 2.72. The number of anilines is 1. The molecule has 2 aromatic carbocycles. The molecule has 3 aromatic rings. The average Bonchev–Trinajstić information content (AvgIpc) is 2.89. The van der Waals surface area contributed by atoms with Gasteiger partial charge in [0.1, 0.15) is 5.82 Å². The highest BCUT2D eigenvalue weighted by molar-refractivity contribution is 5.72. The van der Waals surface area contributed by atoms with Crippen LogP contribution in [0.3, 0.4) is 0 Å². The lowest BCUT2D eigenvalue weighted by molar-refractivity contribution is 0.430. The van der Waals surface area contributed by atoms with Crippen molar-refractivity contribution in [1.82, 2.24) is 10.1 Å². The Morgan fingerprint density at radius 1 is 1.00 bits per heavy atom. The van der Waals surface area contributed by atoms with E-state index in [0.717, 1.165) is 5.56 Å². The minimum absolute atomic E-state index is 0.0782. The Labute approximate surface area is 108 Å². The molecule has 0 aliphatic rings. The molecule has 0 bridgehead atoms. The predicted octanol–water partition coefficient (Wildman–Crippen LogP) is 3.12. The van der Waals surface area contributed by atoms with E-state index in [2.05, 4.69) is 10.1 Å². The summed E-state index contributed by atoms with van der Waals surface area (Å²) in [5.74, 6) is -0.00373. The molecule has 3 rings (SSSR count). The minimum atomic E-state index is -0.483. The van der Waals surface area contributed by atoms with E-state index in [4.69, 9.17) is 10.3 Å². The minimum Gasteiger partial charge on any atom is -0.398 e. The SMILES string of the molecule is Nc1cccc(F)c1-c1nc(-c2ccccc2)no1. The third kappa shape index (κ3) is 2.06. The molecular weight excluding hydrogens is 245 g/mol. The van der Waals surface area contributed by atoms with Crippen LogP contribution in [0.1, 0.15) is 0 Å². The number of rotatable bonds is 2. The van der Waals surface area contributed by atoms with E-state index in [1.807, 2.05) is 30.3 Å². The van der Waals surface area contributed by atoms with Gasteiger partial charge in [0.05, 0.1) is 5.56 Å². The molecule has 5 heteroatoms. The molecule has 0 fully saturated rings. The lowest BCUT2D eigenvalue weighted by Crippen LogP contribution is -1.93. The molecule has 0 aliphatic heterocycles. The molecule has 2 N–H and O–H groups in total.